The Bertz CT molecular complexity index is 504. The highest BCUT2D eigenvalue weighted by Gasteiger charge is 2.32. The van der Waals surface area contributed by atoms with E-state index >= 15 is 0 Å². The van der Waals surface area contributed by atoms with Gasteiger partial charge in [-0.1, -0.05) is 13.8 Å². The molecular formula is C14H17F5N2. The Morgan fingerprint density at radius 1 is 1.00 bits per heavy atom. The van der Waals surface area contributed by atoms with E-state index in [2.05, 4.69) is 5.32 Å². The Morgan fingerprint density at radius 3 is 2.05 bits per heavy atom. The molecule has 2 rings (SSSR count). The van der Waals surface area contributed by atoms with Gasteiger partial charge in [-0.2, -0.15) is 0 Å². The Morgan fingerprint density at radius 2 is 1.52 bits per heavy atom. The summed E-state index contributed by atoms with van der Waals surface area (Å²) >= 11 is 0. The van der Waals surface area contributed by atoms with Gasteiger partial charge in [-0.05, 0) is 18.9 Å². The van der Waals surface area contributed by atoms with Crippen LogP contribution >= 0.6 is 0 Å². The highest BCUT2D eigenvalue weighted by molar-refractivity contribution is 5.51. The molecule has 2 nitrogen and oxygen atoms in total. The average Bonchev–Trinajstić information content (AvgIpc) is 2.89. The molecule has 1 aliphatic rings. The fourth-order valence-electron chi connectivity index (χ4n) is 2.48. The van der Waals surface area contributed by atoms with Crippen molar-refractivity contribution in [1.29, 1.82) is 0 Å². The van der Waals surface area contributed by atoms with Crippen molar-refractivity contribution in [2.45, 2.75) is 26.3 Å². The summed E-state index contributed by atoms with van der Waals surface area (Å²) in [5, 5.41) is 3.20. The summed E-state index contributed by atoms with van der Waals surface area (Å²) in [5.74, 6) is -9.32. The molecule has 0 bridgehead atoms. The van der Waals surface area contributed by atoms with Crippen LogP contribution in [0.5, 0.6) is 0 Å². The standard InChI is InChI=1S/C14H17F5N2/c1-7(2)20-5-8-3-4-21(6-8)14-12(18)10(16)9(15)11(17)13(14)19/h7-8,20H,3-6H2,1-2H3. The fraction of sp³-hybridized carbons (Fsp3) is 0.571. The van der Waals surface area contributed by atoms with Crippen LogP contribution in [0.2, 0.25) is 0 Å². The second kappa shape index (κ2) is 6.17. The summed E-state index contributed by atoms with van der Waals surface area (Å²) in [6, 6.07) is 0.272. The van der Waals surface area contributed by atoms with E-state index in [1.165, 1.54) is 4.90 Å². The smallest absolute Gasteiger partial charge is 0.200 e. The molecule has 118 valence electrons. The van der Waals surface area contributed by atoms with Gasteiger partial charge in [0.15, 0.2) is 23.3 Å². The number of benzene rings is 1. The third-order valence-electron chi connectivity index (χ3n) is 3.60. The van der Waals surface area contributed by atoms with Gasteiger partial charge in [-0.25, -0.2) is 22.0 Å². The highest BCUT2D eigenvalue weighted by Crippen LogP contribution is 2.33. The van der Waals surface area contributed by atoms with Crippen molar-refractivity contribution >= 4 is 5.69 Å². The Balaban J connectivity index is 2.21. The Labute approximate surface area is 119 Å². The zero-order chi connectivity index (χ0) is 15.7. The normalized spacial score (nSPS) is 18.9. The number of hydrogen-bond donors (Lipinski definition) is 1. The molecule has 7 heteroatoms. The third kappa shape index (κ3) is 3.12. The van der Waals surface area contributed by atoms with Crippen molar-refractivity contribution in [3.63, 3.8) is 0 Å². The zero-order valence-corrected chi connectivity index (χ0v) is 11.8. The van der Waals surface area contributed by atoms with Crippen LogP contribution < -0.4 is 10.2 Å². The number of anilines is 1. The van der Waals surface area contributed by atoms with E-state index in [9.17, 15) is 22.0 Å². The fourth-order valence-corrected chi connectivity index (χ4v) is 2.48. The van der Waals surface area contributed by atoms with Crippen molar-refractivity contribution in [2.24, 2.45) is 5.92 Å². The quantitative estimate of drug-likeness (QED) is 0.522. The molecule has 0 spiro atoms. The second-order valence-electron chi connectivity index (χ2n) is 5.58. The van der Waals surface area contributed by atoms with Crippen LogP contribution in [-0.4, -0.2) is 25.7 Å². The van der Waals surface area contributed by atoms with Crippen LogP contribution in [0, 0.1) is 35.0 Å². The van der Waals surface area contributed by atoms with E-state index < -0.39 is 34.8 Å². The van der Waals surface area contributed by atoms with E-state index in [0.29, 0.717) is 13.0 Å². The molecule has 1 atom stereocenters. The molecule has 0 saturated carbocycles. The van der Waals surface area contributed by atoms with Crippen LogP contribution in [0.3, 0.4) is 0 Å². The van der Waals surface area contributed by atoms with Gasteiger partial charge >= 0.3 is 0 Å². The van der Waals surface area contributed by atoms with Gasteiger partial charge < -0.3 is 10.2 Å². The lowest BCUT2D eigenvalue weighted by Crippen LogP contribution is -2.31. The van der Waals surface area contributed by atoms with Gasteiger partial charge in [-0.15, -0.1) is 0 Å². The van der Waals surface area contributed by atoms with Crippen molar-refractivity contribution in [1.82, 2.24) is 5.32 Å². The summed E-state index contributed by atoms with van der Waals surface area (Å²) in [4.78, 5) is 1.23. The van der Waals surface area contributed by atoms with Crippen molar-refractivity contribution < 1.29 is 22.0 Å². The number of nitrogens with zero attached hydrogens (tertiary/aromatic N) is 1. The molecule has 1 aliphatic heterocycles. The lowest BCUT2D eigenvalue weighted by Gasteiger charge is -2.21. The molecule has 1 fully saturated rings. The van der Waals surface area contributed by atoms with Crippen molar-refractivity contribution in [3.05, 3.63) is 29.1 Å². The van der Waals surface area contributed by atoms with Crippen LogP contribution in [0.25, 0.3) is 0 Å². The minimum atomic E-state index is -2.12. The first kappa shape index (κ1) is 16.0. The highest BCUT2D eigenvalue weighted by atomic mass is 19.2. The SMILES string of the molecule is CC(C)NCC1CCN(c2c(F)c(F)c(F)c(F)c2F)C1. The van der Waals surface area contributed by atoms with Crippen LogP contribution in [-0.2, 0) is 0 Å². The lowest BCUT2D eigenvalue weighted by molar-refractivity contribution is 0.378. The molecule has 0 amide bonds. The number of rotatable bonds is 4. The van der Waals surface area contributed by atoms with Crippen LogP contribution in [0.15, 0.2) is 0 Å². The van der Waals surface area contributed by atoms with Gasteiger partial charge in [0.1, 0.15) is 5.69 Å². The van der Waals surface area contributed by atoms with Gasteiger partial charge in [0.05, 0.1) is 0 Å². The minimum Gasteiger partial charge on any atom is -0.366 e. The van der Waals surface area contributed by atoms with Crippen LogP contribution in [0.4, 0.5) is 27.6 Å². The maximum Gasteiger partial charge on any atom is 0.200 e. The molecule has 1 heterocycles. The molecule has 0 aromatic heterocycles. The number of hydrogen-bond acceptors (Lipinski definition) is 2. The first-order chi connectivity index (χ1) is 9.82. The lowest BCUT2D eigenvalue weighted by atomic mass is 10.1. The Kier molecular flexibility index (Phi) is 4.70. The molecule has 1 N–H and O–H groups in total. The summed E-state index contributed by atoms with van der Waals surface area (Å²) in [7, 11) is 0. The number of halogens is 5. The monoisotopic (exact) mass is 308 g/mol. The average molecular weight is 308 g/mol. The van der Waals surface area contributed by atoms with E-state index in [1.54, 1.807) is 0 Å². The van der Waals surface area contributed by atoms with E-state index in [4.69, 9.17) is 0 Å². The Hall–Kier alpha value is -1.37. The molecule has 0 aliphatic carbocycles. The van der Waals surface area contributed by atoms with Gasteiger partial charge in [0.25, 0.3) is 0 Å². The van der Waals surface area contributed by atoms with Crippen molar-refractivity contribution in [2.75, 3.05) is 24.5 Å². The predicted octanol–water partition coefficient (Wildman–Crippen LogP) is 3.21. The summed E-state index contributed by atoms with van der Waals surface area (Å²) in [6.45, 7) is 5.11. The largest absolute Gasteiger partial charge is 0.366 e. The van der Waals surface area contributed by atoms with Gasteiger partial charge in [0.2, 0.25) is 5.82 Å². The molecule has 1 aromatic carbocycles. The second-order valence-corrected chi connectivity index (χ2v) is 5.58. The summed E-state index contributed by atoms with van der Waals surface area (Å²) in [6.07, 6.45) is 0.638. The molecule has 0 radical (unpaired) electrons. The van der Waals surface area contributed by atoms with Crippen LogP contribution in [0.1, 0.15) is 20.3 Å². The molecule has 1 unspecified atom stereocenters. The van der Waals surface area contributed by atoms with Crippen molar-refractivity contribution in [3.8, 4) is 0 Å². The molecule has 1 saturated heterocycles. The summed E-state index contributed by atoms with van der Waals surface area (Å²) in [5.41, 5.74) is -0.821. The maximum atomic E-state index is 13.7. The summed E-state index contributed by atoms with van der Waals surface area (Å²) < 4.78 is 66.9. The number of nitrogens with one attached hydrogen (secondary N) is 1. The minimum absolute atomic E-state index is 0.113. The van der Waals surface area contributed by atoms with E-state index in [1.807, 2.05) is 13.8 Å². The topological polar surface area (TPSA) is 15.3 Å². The molecule has 1 aromatic rings. The van der Waals surface area contributed by atoms with E-state index in [0.717, 1.165) is 0 Å². The van der Waals surface area contributed by atoms with Gasteiger partial charge in [-0.3, -0.25) is 0 Å². The maximum absolute atomic E-state index is 13.7. The molecule has 21 heavy (non-hydrogen) atoms. The predicted molar refractivity (Wildman–Crippen MR) is 69.7 cm³/mol. The first-order valence-corrected chi connectivity index (χ1v) is 6.82. The van der Waals surface area contributed by atoms with E-state index in [-0.39, 0.29) is 25.0 Å². The van der Waals surface area contributed by atoms with Gasteiger partial charge in [0, 0.05) is 19.1 Å². The zero-order valence-electron chi connectivity index (χ0n) is 11.8. The molecular weight excluding hydrogens is 291 g/mol. The third-order valence-corrected chi connectivity index (χ3v) is 3.60. The first-order valence-electron chi connectivity index (χ1n) is 6.82.